The Morgan fingerprint density at radius 1 is 1.27 bits per heavy atom. The Kier molecular flexibility index (Phi) is 5.16. The molecule has 0 saturated heterocycles. The fraction of sp³-hybridized carbons (Fsp3) is 0.316. The molecular weight excluding hydrogens is 333 g/mol. The van der Waals surface area contributed by atoms with E-state index in [0.29, 0.717) is 17.8 Å². The molecule has 1 aromatic carbocycles. The SMILES string of the molecule is CCC(Cn1ccnc1)NC(=O)c1c(C)nn(-c2ccc(F)cc2)c1C. The third-order valence-corrected chi connectivity index (χ3v) is 4.41. The Hall–Kier alpha value is -2.96. The lowest BCUT2D eigenvalue weighted by molar-refractivity contribution is 0.0930. The summed E-state index contributed by atoms with van der Waals surface area (Å²) in [6.07, 6.45) is 6.12. The summed E-state index contributed by atoms with van der Waals surface area (Å²) in [6, 6.07) is 6.03. The van der Waals surface area contributed by atoms with Gasteiger partial charge in [0.15, 0.2) is 0 Å². The number of benzene rings is 1. The second-order valence-electron chi connectivity index (χ2n) is 6.27. The summed E-state index contributed by atoms with van der Waals surface area (Å²) in [4.78, 5) is 16.9. The lowest BCUT2D eigenvalue weighted by atomic mass is 10.1. The Morgan fingerprint density at radius 3 is 2.62 bits per heavy atom. The zero-order chi connectivity index (χ0) is 18.7. The predicted octanol–water partition coefficient (Wildman–Crippen LogP) is 3.03. The van der Waals surface area contributed by atoms with Gasteiger partial charge < -0.3 is 9.88 Å². The monoisotopic (exact) mass is 355 g/mol. The first-order valence-electron chi connectivity index (χ1n) is 8.58. The fourth-order valence-electron chi connectivity index (χ4n) is 2.99. The molecule has 0 aliphatic carbocycles. The molecule has 2 heterocycles. The highest BCUT2D eigenvalue weighted by atomic mass is 19.1. The summed E-state index contributed by atoms with van der Waals surface area (Å²) in [5.74, 6) is -0.459. The molecule has 0 bridgehead atoms. The van der Waals surface area contributed by atoms with Crippen molar-refractivity contribution in [2.45, 2.75) is 39.8 Å². The highest BCUT2D eigenvalue weighted by molar-refractivity contribution is 5.96. The van der Waals surface area contributed by atoms with Crippen LogP contribution >= 0.6 is 0 Å². The van der Waals surface area contributed by atoms with Crippen LogP contribution in [0.3, 0.4) is 0 Å². The van der Waals surface area contributed by atoms with Crippen LogP contribution in [0.2, 0.25) is 0 Å². The van der Waals surface area contributed by atoms with Gasteiger partial charge in [0.25, 0.3) is 5.91 Å². The third-order valence-electron chi connectivity index (χ3n) is 4.41. The highest BCUT2D eigenvalue weighted by Gasteiger charge is 2.21. The molecule has 2 aromatic heterocycles. The van der Waals surface area contributed by atoms with E-state index in [1.54, 1.807) is 36.3 Å². The van der Waals surface area contributed by atoms with Crippen molar-refractivity contribution in [3.05, 3.63) is 65.8 Å². The van der Waals surface area contributed by atoms with Crippen molar-refractivity contribution < 1.29 is 9.18 Å². The maximum absolute atomic E-state index is 13.2. The van der Waals surface area contributed by atoms with E-state index in [0.717, 1.165) is 17.8 Å². The Balaban J connectivity index is 1.82. The summed E-state index contributed by atoms with van der Waals surface area (Å²) in [5, 5.41) is 7.53. The number of halogens is 1. The van der Waals surface area contributed by atoms with Crippen LogP contribution in [0.5, 0.6) is 0 Å². The molecule has 1 amide bonds. The van der Waals surface area contributed by atoms with Crippen molar-refractivity contribution in [3.8, 4) is 5.69 Å². The van der Waals surface area contributed by atoms with Crippen LogP contribution in [0.15, 0.2) is 43.0 Å². The standard InChI is InChI=1S/C19H22FN5O/c1-4-16(11-24-10-9-21-12-24)22-19(26)18-13(2)23-25(14(18)3)17-7-5-15(20)6-8-17/h5-10,12,16H,4,11H2,1-3H3,(H,22,26). The Bertz CT molecular complexity index is 884. The fourth-order valence-corrected chi connectivity index (χ4v) is 2.99. The van der Waals surface area contributed by atoms with E-state index in [2.05, 4.69) is 15.4 Å². The minimum Gasteiger partial charge on any atom is -0.347 e. The zero-order valence-electron chi connectivity index (χ0n) is 15.1. The molecule has 0 radical (unpaired) electrons. The number of nitrogens with one attached hydrogen (secondary N) is 1. The number of amides is 1. The van der Waals surface area contributed by atoms with E-state index in [-0.39, 0.29) is 17.8 Å². The van der Waals surface area contributed by atoms with E-state index in [9.17, 15) is 9.18 Å². The summed E-state index contributed by atoms with van der Waals surface area (Å²) in [5.41, 5.74) is 2.64. The molecule has 3 rings (SSSR count). The third kappa shape index (κ3) is 3.66. The Morgan fingerprint density at radius 2 is 2.00 bits per heavy atom. The molecule has 1 unspecified atom stereocenters. The first kappa shape index (κ1) is 17.8. The van der Waals surface area contributed by atoms with Crippen LogP contribution in [0.25, 0.3) is 5.69 Å². The number of aryl methyl sites for hydroxylation is 1. The van der Waals surface area contributed by atoms with Gasteiger partial charge in [-0.2, -0.15) is 5.10 Å². The minimum absolute atomic E-state index is 0.00956. The lowest BCUT2D eigenvalue weighted by Crippen LogP contribution is -2.37. The minimum atomic E-state index is -0.307. The molecule has 7 heteroatoms. The van der Waals surface area contributed by atoms with E-state index < -0.39 is 0 Å². The van der Waals surface area contributed by atoms with E-state index >= 15 is 0 Å². The molecule has 6 nitrogen and oxygen atoms in total. The van der Waals surface area contributed by atoms with Gasteiger partial charge in [0.2, 0.25) is 0 Å². The average molecular weight is 355 g/mol. The number of hydrogen-bond donors (Lipinski definition) is 1. The van der Waals surface area contributed by atoms with Gasteiger partial charge in [-0.3, -0.25) is 4.79 Å². The van der Waals surface area contributed by atoms with Gasteiger partial charge in [-0.15, -0.1) is 0 Å². The van der Waals surface area contributed by atoms with Gasteiger partial charge in [-0.05, 0) is 44.5 Å². The number of aromatic nitrogens is 4. The second kappa shape index (κ2) is 7.51. The first-order chi connectivity index (χ1) is 12.5. The number of imidazole rings is 1. The van der Waals surface area contributed by atoms with E-state index in [4.69, 9.17) is 0 Å². The maximum Gasteiger partial charge on any atom is 0.255 e. The van der Waals surface area contributed by atoms with Crippen LogP contribution in [0, 0.1) is 19.7 Å². The summed E-state index contributed by atoms with van der Waals surface area (Å²) in [7, 11) is 0. The quantitative estimate of drug-likeness (QED) is 0.739. The van der Waals surface area contributed by atoms with Crippen molar-refractivity contribution in [2.24, 2.45) is 0 Å². The van der Waals surface area contributed by atoms with E-state index in [1.165, 1.54) is 12.1 Å². The Labute approximate surface area is 151 Å². The average Bonchev–Trinajstić information content (AvgIpc) is 3.22. The van der Waals surface area contributed by atoms with Gasteiger partial charge in [0, 0.05) is 25.0 Å². The largest absolute Gasteiger partial charge is 0.347 e. The molecule has 1 atom stereocenters. The van der Waals surface area contributed by atoms with Crippen molar-refractivity contribution in [1.82, 2.24) is 24.6 Å². The topological polar surface area (TPSA) is 64.7 Å². The van der Waals surface area contributed by atoms with Crippen LogP contribution in [0.4, 0.5) is 4.39 Å². The van der Waals surface area contributed by atoms with Crippen molar-refractivity contribution in [2.75, 3.05) is 0 Å². The smallest absolute Gasteiger partial charge is 0.255 e. The molecule has 136 valence electrons. The second-order valence-corrected chi connectivity index (χ2v) is 6.27. The molecular formula is C19H22FN5O. The molecule has 0 spiro atoms. The van der Waals surface area contributed by atoms with Crippen LogP contribution in [0.1, 0.15) is 35.1 Å². The number of carbonyl (C=O) groups is 1. The molecule has 0 aliphatic heterocycles. The normalized spacial score (nSPS) is 12.2. The number of hydrogen-bond acceptors (Lipinski definition) is 3. The van der Waals surface area contributed by atoms with Gasteiger partial charge in [-0.1, -0.05) is 6.92 Å². The van der Waals surface area contributed by atoms with Gasteiger partial charge in [0.05, 0.1) is 29.0 Å². The van der Waals surface area contributed by atoms with Crippen molar-refractivity contribution in [1.29, 1.82) is 0 Å². The van der Waals surface area contributed by atoms with Crippen LogP contribution < -0.4 is 5.32 Å². The molecule has 1 N–H and O–H groups in total. The van der Waals surface area contributed by atoms with E-state index in [1.807, 2.05) is 24.6 Å². The predicted molar refractivity (Wildman–Crippen MR) is 96.8 cm³/mol. The number of nitrogens with zero attached hydrogens (tertiary/aromatic N) is 4. The van der Waals surface area contributed by atoms with Crippen LogP contribution in [-0.4, -0.2) is 31.3 Å². The number of rotatable bonds is 6. The summed E-state index contributed by atoms with van der Waals surface area (Å²) < 4.78 is 16.8. The number of carbonyl (C=O) groups excluding carboxylic acids is 1. The molecule has 0 saturated carbocycles. The summed E-state index contributed by atoms with van der Waals surface area (Å²) in [6.45, 7) is 6.34. The molecule has 26 heavy (non-hydrogen) atoms. The zero-order valence-corrected chi connectivity index (χ0v) is 15.1. The molecule has 0 fully saturated rings. The highest BCUT2D eigenvalue weighted by Crippen LogP contribution is 2.18. The van der Waals surface area contributed by atoms with Crippen LogP contribution in [-0.2, 0) is 6.54 Å². The van der Waals surface area contributed by atoms with Gasteiger partial charge >= 0.3 is 0 Å². The van der Waals surface area contributed by atoms with Crippen molar-refractivity contribution in [3.63, 3.8) is 0 Å². The summed E-state index contributed by atoms with van der Waals surface area (Å²) >= 11 is 0. The molecule has 3 aromatic rings. The maximum atomic E-state index is 13.2. The lowest BCUT2D eigenvalue weighted by Gasteiger charge is -2.17. The van der Waals surface area contributed by atoms with Gasteiger partial charge in [0.1, 0.15) is 5.82 Å². The molecule has 0 aliphatic rings. The van der Waals surface area contributed by atoms with Gasteiger partial charge in [-0.25, -0.2) is 14.1 Å². The van der Waals surface area contributed by atoms with Crippen molar-refractivity contribution >= 4 is 5.91 Å². The first-order valence-corrected chi connectivity index (χ1v) is 8.58.